The highest BCUT2D eigenvalue weighted by atomic mass is 16.6. The topological polar surface area (TPSA) is 92.9 Å². The van der Waals surface area contributed by atoms with Gasteiger partial charge in [-0.2, -0.15) is 4.98 Å². The average molecular weight is 428 g/mol. The van der Waals surface area contributed by atoms with Crippen molar-refractivity contribution in [3.8, 4) is 11.1 Å². The largest absolute Gasteiger partial charge is 0.481 e. The van der Waals surface area contributed by atoms with E-state index < -0.39 is 12.1 Å². The second-order valence-corrected chi connectivity index (χ2v) is 7.56. The van der Waals surface area contributed by atoms with Crippen molar-refractivity contribution in [1.29, 1.82) is 0 Å². The minimum absolute atomic E-state index is 0.0182. The molecule has 0 unspecified atom stereocenters. The van der Waals surface area contributed by atoms with Gasteiger partial charge in [-0.15, -0.1) is 0 Å². The molecule has 0 bridgehead atoms. The fourth-order valence-electron chi connectivity index (χ4n) is 4.12. The molecular weight excluding hydrogens is 408 g/mol. The molecule has 3 aromatic carbocycles. The standard InChI is InChI=1S/C25H20N2O5/c28-23(29)13-14-27(24-26-21-11-5-6-12-22(21)32-24)25(30)31-15-20-18-9-3-1-7-16(18)17-8-2-4-10-19(17)20/h1-12,20H,13-15H2,(H,28,29). The number of amides is 1. The monoisotopic (exact) mass is 428 g/mol. The Hall–Kier alpha value is -4.13. The lowest BCUT2D eigenvalue weighted by Gasteiger charge is -2.20. The lowest BCUT2D eigenvalue weighted by molar-refractivity contribution is -0.136. The highest BCUT2D eigenvalue weighted by Gasteiger charge is 2.31. The minimum atomic E-state index is -1.03. The van der Waals surface area contributed by atoms with Gasteiger partial charge in [0.2, 0.25) is 0 Å². The van der Waals surface area contributed by atoms with E-state index in [9.17, 15) is 9.59 Å². The van der Waals surface area contributed by atoms with Gasteiger partial charge in [0.1, 0.15) is 12.1 Å². The number of aromatic nitrogens is 1. The summed E-state index contributed by atoms with van der Waals surface area (Å²) in [6, 6.07) is 23.2. The summed E-state index contributed by atoms with van der Waals surface area (Å²) >= 11 is 0. The number of oxazole rings is 1. The predicted octanol–water partition coefficient (Wildman–Crippen LogP) is 5.06. The lowest BCUT2D eigenvalue weighted by atomic mass is 9.98. The van der Waals surface area contributed by atoms with E-state index in [2.05, 4.69) is 17.1 Å². The highest BCUT2D eigenvalue weighted by molar-refractivity contribution is 5.88. The number of carbonyl (C=O) groups is 2. The summed E-state index contributed by atoms with van der Waals surface area (Å²) in [5, 5.41) is 9.12. The molecule has 1 aliphatic rings. The molecule has 160 valence electrons. The number of rotatable bonds is 6. The van der Waals surface area contributed by atoms with E-state index in [0.717, 1.165) is 27.2 Å². The van der Waals surface area contributed by atoms with E-state index in [-0.39, 0.29) is 31.5 Å². The maximum absolute atomic E-state index is 13.0. The van der Waals surface area contributed by atoms with Crippen molar-refractivity contribution in [3.05, 3.63) is 83.9 Å². The van der Waals surface area contributed by atoms with Crippen molar-refractivity contribution in [3.63, 3.8) is 0 Å². The van der Waals surface area contributed by atoms with Gasteiger partial charge in [0.05, 0.1) is 6.42 Å². The number of hydrogen-bond donors (Lipinski definition) is 1. The molecule has 7 heteroatoms. The van der Waals surface area contributed by atoms with Crippen LogP contribution < -0.4 is 4.90 Å². The van der Waals surface area contributed by atoms with Crippen LogP contribution >= 0.6 is 0 Å². The van der Waals surface area contributed by atoms with Crippen molar-refractivity contribution in [2.75, 3.05) is 18.1 Å². The zero-order valence-electron chi connectivity index (χ0n) is 17.1. The van der Waals surface area contributed by atoms with Crippen LogP contribution in [-0.4, -0.2) is 35.3 Å². The molecule has 0 spiro atoms. The Bertz CT molecular complexity index is 1230. The molecule has 5 rings (SSSR count). The Morgan fingerprint density at radius 2 is 1.56 bits per heavy atom. The summed E-state index contributed by atoms with van der Waals surface area (Å²) < 4.78 is 11.4. The lowest BCUT2D eigenvalue weighted by Crippen LogP contribution is -2.34. The number of anilines is 1. The van der Waals surface area contributed by atoms with Gasteiger partial charge in [0.15, 0.2) is 5.58 Å². The van der Waals surface area contributed by atoms with E-state index in [1.165, 1.54) is 0 Å². The van der Waals surface area contributed by atoms with Crippen LogP contribution in [0.25, 0.3) is 22.2 Å². The van der Waals surface area contributed by atoms with Gasteiger partial charge in [0, 0.05) is 12.5 Å². The number of hydrogen-bond acceptors (Lipinski definition) is 5. The summed E-state index contributed by atoms with van der Waals surface area (Å²) in [4.78, 5) is 29.6. The van der Waals surface area contributed by atoms with Crippen LogP contribution in [0, 0.1) is 0 Å². The maximum atomic E-state index is 13.0. The molecule has 1 aliphatic carbocycles. The molecule has 0 fully saturated rings. The van der Waals surface area contributed by atoms with Crippen molar-refractivity contribution >= 4 is 29.2 Å². The van der Waals surface area contributed by atoms with E-state index in [0.29, 0.717) is 11.1 Å². The number of carboxylic acid groups (broad SMARTS) is 1. The first-order valence-electron chi connectivity index (χ1n) is 10.3. The molecule has 1 heterocycles. The molecule has 0 saturated carbocycles. The normalized spacial score (nSPS) is 12.4. The predicted molar refractivity (Wildman–Crippen MR) is 119 cm³/mol. The van der Waals surface area contributed by atoms with Crippen LogP contribution in [-0.2, 0) is 9.53 Å². The van der Waals surface area contributed by atoms with Crippen molar-refractivity contribution in [1.82, 2.24) is 4.98 Å². The second-order valence-electron chi connectivity index (χ2n) is 7.56. The first-order chi connectivity index (χ1) is 15.6. The fourth-order valence-corrected chi connectivity index (χ4v) is 4.12. The van der Waals surface area contributed by atoms with Gasteiger partial charge < -0.3 is 14.3 Å². The Morgan fingerprint density at radius 3 is 2.22 bits per heavy atom. The first-order valence-corrected chi connectivity index (χ1v) is 10.3. The van der Waals surface area contributed by atoms with E-state index in [1.807, 2.05) is 42.5 Å². The number of aliphatic carboxylic acids is 1. The molecule has 7 nitrogen and oxygen atoms in total. The van der Waals surface area contributed by atoms with Crippen LogP contribution in [0.3, 0.4) is 0 Å². The summed E-state index contributed by atoms with van der Waals surface area (Å²) in [6.45, 7) is 0.00941. The Morgan fingerprint density at radius 1 is 0.938 bits per heavy atom. The van der Waals surface area contributed by atoms with Gasteiger partial charge in [-0.1, -0.05) is 60.7 Å². The Labute approximate surface area is 183 Å². The molecule has 1 N–H and O–H groups in total. The van der Waals surface area contributed by atoms with E-state index in [1.54, 1.807) is 18.2 Å². The molecule has 1 aromatic heterocycles. The minimum Gasteiger partial charge on any atom is -0.481 e. The number of carboxylic acids is 1. The number of nitrogens with zero attached hydrogens (tertiary/aromatic N) is 2. The van der Waals surface area contributed by atoms with Crippen molar-refractivity contribution in [2.24, 2.45) is 0 Å². The van der Waals surface area contributed by atoms with Crippen LogP contribution in [0.2, 0.25) is 0 Å². The number of fused-ring (bicyclic) bond motifs is 4. The molecule has 0 saturated heterocycles. The van der Waals surface area contributed by atoms with Gasteiger partial charge in [-0.3, -0.25) is 4.79 Å². The van der Waals surface area contributed by atoms with Gasteiger partial charge in [0.25, 0.3) is 0 Å². The molecule has 1 amide bonds. The Balaban J connectivity index is 1.40. The average Bonchev–Trinajstić information content (AvgIpc) is 3.37. The third-order valence-electron chi connectivity index (χ3n) is 5.62. The van der Waals surface area contributed by atoms with Crippen LogP contribution in [0.15, 0.2) is 77.2 Å². The van der Waals surface area contributed by atoms with E-state index >= 15 is 0 Å². The van der Waals surface area contributed by atoms with Crippen LogP contribution in [0.1, 0.15) is 23.5 Å². The molecule has 4 aromatic rings. The fraction of sp³-hybridized carbons (Fsp3) is 0.160. The second kappa shape index (κ2) is 8.19. The molecule has 0 radical (unpaired) electrons. The van der Waals surface area contributed by atoms with Crippen molar-refractivity contribution in [2.45, 2.75) is 12.3 Å². The van der Waals surface area contributed by atoms with Crippen LogP contribution in [0.4, 0.5) is 10.8 Å². The summed E-state index contributed by atoms with van der Waals surface area (Å²) in [7, 11) is 0. The van der Waals surface area contributed by atoms with Crippen molar-refractivity contribution < 1.29 is 23.8 Å². The molecule has 32 heavy (non-hydrogen) atoms. The summed E-state index contributed by atoms with van der Waals surface area (Å²) in [5.41, 5.74) is 5.54. The highest BCUT2D eigenvalue weighted by Crippen LogP contribution is 2.44. The smallest absolute Gasteiger partial charge is 0.417 e. The Kier molecular flexibility index (Phi) is 5.07. The quantitative estimate of drug-likeness (QED) is 0.462. The van der Waals surface area contributed by atoms with Crippen LogP contribution in [0.5, 0.6) is 0 Å². The zero-order chi connectivity index (χ0) is 22.1. The SMILES string of the molecule is O=C(O)CCN(C(=O)OCC1c2ccccc2-c2ccccc21)c1nc2ccccc2o1. The summed E-state index contributed by atoms with van der Waals surface area (Å²) in [5.74, 6) is -1.13. The number of ether oxygens (including phenoxy) is 1. The van der Waals surface area contributed by atoms with Gasteiger partial charge in [-0.05, 0) is 34.4 Å². The number of para-hydroxylation sites is 2. The first kappa shape index (κ1) is 19.8. The van der Waals surface area contributed by atoms with E-state index in [4.69, 9.17) is 14.3 Å². The van der Waals surface area contributed by atoms with Gasteiger partial charge >= 0.3 is 18.1 Å². The molecule has 0 atom stereocenters. The molecular formula is C25H20N2O5. The summed E-state index contributed by atoms with van der Waals surface area (Å²) in [6.07, 6.45) is -0.956. The molecule has 0 aliphatic heterocycles. The van der Waals surface area contributed by atoms with Gasteiger partial charge in [-0.25, -0.2) is 9.69 Å². The zero-order valence-corrected chi connectivity index (χ0v) is 17.1. The third-order valence-corrected chi connectivity index (χ3v) is 5.62. The number of carbonyl (C=O) groups excluding carboxylic acids is 1. The number of benzene rings is 3. The maximum Gasteiger partial charge on any atom is 0.417 e. The third kappa shape index (κ3) is 3.58.